The number of anilines is 1. The Labute approximate surface area is 153 Å². The number of guanidine groups is 1. The Morgan fingerprint density at radius 3 is 2.65 bits per heavy atom. The monoisotopic (exact) mass is 367 g/mol. The molecule has 1 unspecified atom stereocenters. The largest absolute Gasteiger partial charge is 0.365 e. The summed E-state index contributed by atoms with van der Waals surface area (Å²) in [6.45, 7) is 6.25. The van der Waals surface area contributed by atoms with E-state index in [2.05, 4.69) is 20.9 Å². The topological polar surface area (TPSA) is 68.8 Å². The summed E-state index contributed by atoms with van der Waals surface area (Å²) in [5, 5.41) is 9.10. The van der Waals surface area contributed by atoms with Gasteiger partial charge in [-0.15, -0.1) is 0 Å². The van der Waals surface area contributed by atoms with E-state index in [0.29, 0.717) is 32.1 Å². The van der Waals surface area contributed by atoms with Gasteiger partial charge in [-0.2, -0.15) is 0 Å². The zero-order valence-electron chi connectivity index (χ0n) is 15.3. The molecule has 6 nitrogen and oxygen atoms in total. The molecule has 2 rings (SSSR count). The Kier molecular flexibility index (Phi) is 7.62. The molecule has 0 spiro atoms. The van der Waals surface area contributed by atoms with Crippen LogP contribution in [0.1, 0.15) is 26.7 Å². The second kappa shape index (κ2) is 9.94. The maximum Gasteiger partial charge on any atom is 0.241 e. The lowest BCUT2D eigenvalue weighted by atomic mass is 10.2. The van der Waals surface area contributed by atoms with Gasteiger partial charge in [0, 0.05) is 32.2 Å². The predicted molar refractivity (Wildman–Crippen MR) is 99.4 cm³/mol. The maximum atomic E-state index is 13.9. The van der Waals surface area contributed by atoms with Gasteiger partial charge in [-0.1, -0.05) is 13.0 Å². The first kappa shape index (κ1) is 19.9. The van der Waals surface area contributed by atoms with E-state index in [1.165, 1.54) is 18.2 Å². The first-order valence-electron chi connectivity index (χ1n) is 9.05. The second-order valence-electron chi connectivity index (χ2n) is 6.19. The van der Waals surface area contributed by atoms with E-state index in [0.717, 1.165) is 12.8 Å². The van der Waals surface area contributed by atoms with Crippen molar-refractivity contribution in [2.45, 2.75) is 32.7 Å². The highest BCUT2D eigenvalue weighted by Gasteiger charge is 2.27. The van der Waals surface area contributed by atoms with Gasteiger partial charge in [0.1, 0.15) is 23.9 Å². The van der Waals surface area contributed by atoms with Gasteiger partial charge in [0.25, 0.3) is 0 Å². The Morgan fingerprint density at radius 2 is 2.00 bits per heavy atom. The number of amides is 1. The Balaban J connectivity index is 1.94. The maximum absolute atomic E-state index is 13.9. The Hall–Kier alpha value is -2.38. The van der Waals surface area contributed by atoms with Crippen molar-refractivity contribution in [3.05, 3.63) is 29.8 Å². The first-order valence-corrected chi connectivity index (χ1v) is 9.05. The van der Waals surface area contributed by atoms with Gasteiger partial charge in [-0.25, -0.2) is 13.8 Å². The van der Waals surface area contributed by atoms with Crippen molar-refractivity contribution >= 4 is 17.6 Å². The Morgan fingerprint density at radius 1 is 1.27 bits per heavy atom. The minimum absolute atomic E-state index is 0.00879. The van der Waals surface area contributed by atoms with Gasteiger partial charge in [-0.3, -0.25) is 4.79 Å². The molecular weight excluding hydrogens is 340 g/mol. The highest BCUT2D eigenvalue weighted by atomic mass is 19.1. The zero-order valence-corrected chi connectivity index (χ0v) is 15.3. The molecule has 1 aromatic carbocycles. The van der Waals surface area contributed by atoms with E-state index >= 15 is 0 Å². The quantitative estimate of drug-likeness (QED) is 0.506. The summed E-state index contributed by atoms with van der Waals surface area (Å²) < 4.78 is 27.9. The number of carbonyl (C=O) groups is 1. The van der Waals surface area contributed by atoms with Crippen LogP contribution in [0.15, 0.2) is 23.2 Å². The Bertz CT molecular complexity index is 618. The average molecular weight is 367 g/mol. The summed E-state index contributed by atoms with van der Waals surface area (Å²) in [7, 11) is 0. The highest BCUT2D eigenvalue weighted by Crippen LogP contribution is 2.26. The fraction of sp³-hybridized carbons (Fsp3) is 0.556. The molecule has 26 heavy (non-hydrogen) atoms. The third-order valence-corrected chi connectivity index (χ3v) is 4.08. The van der Waals surface area contributed by atoms with Crippen molar-refractivity contribution in [1.82, 2.24) is 16.0 Å². The summed E-state index contributed by atoms with van der Waals surface area (Å²) in [5.41, 5.74) is 0.0117. The number of hydrogen-bond donors (Lipinski definition) is 3. The SMILES string of the molecule is CCCNC(=O)CN=C(NCC)NC1CCN(c2c(F)cccc2F)C1. The molecule has 1 aromatic rings. The van der Waals surface area contributed by atoms with Crippen LogP contribution in [0.4, 0.5) is 14.5 Å². The molecule has 1 fully saturated rings. The molecule has 0 aromatic heterocycles. The molecule has 1 aliphatic heterocycles. The molecule has 1 saturated heterocycles. The van der Waals surface area contributed by atoms with E-state index in [-0.39, 0.29) is 24.2 Å². The number of nitrogens with zero attached hydrogens (tertiary/aromatic N) is 2. The van der Waals surface area contributed by atoms with Crippen LogP contribution in [0.2, 0.25) is 0 Å². The lowest BCUT2D eigenvalue weighted by molar-refractivity contribution is -0.119. The number of rotatable bonds is 7. The molecule has 1 atom stereocenters. The molecular formula is C18H27F2N5O. The number of para-hydroxylation sites is 1. The van der Waals surface area contributed by atoms with Gasteiger partial charge in [-0.05, 0) is 31.9 Å². The molecule has 1 amide bonds. The molecule has 0 radical (unpaired) electrons. The van der Waals surface area contributed by atoms with Crippen LogP contribution in [0, 0.1) is 11.6 Å². The molecule has 144 valence electrons. The van der Waals surface area contributed by atoms with Crippen LogP contribution < -0.4 is 20.9 Å². The first-order chi connectivity index (χ1) is 12.5. The second-order valence-corrected chi connectivity index (χ2v) is 6.19. The van der Waals surface area contributed by atoms with E-state index in [9.17, 15) is 13.6 Å². The van der Waals surface area contributed by atoms with Crippen LogP contribution in [0.5, 0.6) is 0 Å². The van der Waals surface area contributed by atoms with Gasteiger partial charge >= 0.3 is 0 Å². The summed E-state index contributed by atoms with van der Waals surface area (Å²) >= 11 is 0. The van der Waals surface area contributed by atoms with Crippen molar-refractivity contribution < 1.29 is 13.6 Å². The van der Waals surface area contributed by atoms with Gasteiger partial charge in [0.05, 0.1) is 0 Å². The smallest absolute Gasteiger partial charge is 0.241 e. The van der Waals surface area contributed by atoms with E-state index in [4.69, 9.17) is 0 Å². The molecule has 0 aliphatic carbocycles. The van der Waals surface area contributed by atoms with E-state index in [1.54, 1.807) is 4.90 Å². The van der Waals surface area contributed by atoms with Crippen molar-refractivity contribution in [2.24, 2.45) is 4.99 Å². The fourth-order valence-electron chi connectivity index (χ4n) is 2.86. The molecule has 8 heteroatoms. The summed E-state index contributed by atoms with van der Waals surface area (Å²) in [6, 6.07) is 3.88. The number of hydrogen-bond acceptors (Lipinski definition) is 3. The van der Waals surface area contributed by atoms with Crippen LogP contribution >= 0.6 is 0 Å². The fourth-order valence-corrected chi connectivity index (χ4v) is 2.86. The van der Waals surface area contributed by atoms with Crippen molar-refractivity contribution in [2.75, 3.05) is 37.6 Å². The van der Waals surface area contributed by atoms with Crippen LogP contribution in [0.3, 0.4) is 0 Å². The third-order valence-electron chi connectivity index (χ3n) is 4.08. The van der Waals surface area contributed by atoms with Crippen molar-refractivity contribution in [3.8, 4) is 0 Å². The van der Waals surface area contributed by atoms with Crippen LogP contribution in [-0.4, -0.2) is 50.6 Å². The van der Waals surface area contributed by atoms with Crippen molar-refractivity contribution in [3.63, 3.8) is 0 Å². The number of carbonyl (C=O) groups excluding carboxylic acids is 1. The zero-order chi connectivity index (χ0) is 18.9. The van der Waals surface area contributed by atoms with Gasteiger partial charge in [0.15, 0.2) is 5.96 Å². The normalized spacial score (nSPS) is 17.3. The molecule has 3 N–H and O–H groups in total. The predicted octanol–water partition coefficient (Wildman–Crippen LogP) is 1.62. The van der Waals surface area contributed by atoms with Crippen LogP contribution in [-0.2, 0) is 4.79 Å². The molecule has 1 aliphatic rings. The van der Waals surface area contributed by atoms with Gasteiger partial charge < -0.3 is 20.9 Å². The third kappa shape index (κ3) is 5.57. The standard InChI is InChI=1S/C18H27F2N5O/c1-3-9-22-16(26)11-23-18(21-4-2)24-13-8-10-25(12-13)17-14(19)6-5-7-15(17)20/h5-7,13H,3-4,8-12H2,1-2H3,(H,22,26)(H2,21,23,24). The summed E-state index contributed by atoms with van der Waals surface area (Å²) in [6.07, 6.45) is 1.60. The van der Waals surface area contributed by atoms with Gasteiger partial charge in [0.2, 0.25) is 5.91 Å². The van der Waals surface area contributed by atoms with E-state index in [1.807, 2.05) is 13.8 Å². The summed E-state index contributed by atoms with van der Waals surface area (Å²) in [5.74, 6) is -0.719. The summed E-state index contributed by atoms with van der Waals surface area (Å²) in [4.78, 5) is 17.7. The number of nitrogens with one attached hydrogen (secondary N) is 3. The minimum Gasteiger partial charge on any atom is -0.365 e. The highest BCUT2D eigenvalue weighted by molar-refractivity contribution is 5.85. The number of halogens is 2. The molecule has 1 heterocycles. The lowest BCUT2D eigenvalue weighted by Gasteiger charge is -2.21. The molecule has 0 saturated carbocycles. The lowest BCUT2D eigenvalue weighted by Crippen LogP contribution is -2.45. The number of benzene rings is 1. The van der Waals surface area contributed by atoms with Crippen LogP contribution in [0.25, 0.3) is 0 Å². The average Bonchev–Trinajstić information content (AvgIpc) is 3.06. The van der Waals surface area contributed by atoms with Crippen molar-refractivity contribution in [1.29, 1.82) is 0 Å². The number of aliphatic imine (C=N–C) groups is 1. The minimum atomic E-state index is -0.557. The van der Waals surface area contributed by atoms with E-state index < -0.39 is 11.6 Å². The molecule has 0 bridgehead atoms.